The van der Waals surface area contributed by atoms with Crippen molar-refractivity contribution in [3.8, 4) is 0 Å². The largest absolute Gasteiger partial charge is 0.435 e. The molecule has 2 rings (SSSR count). The molecule has 0 aliphatic heterocycles. The Bertz CT molecular complexity index is 644. The van der Waals surface area contributed by atoms with E-state index in [1.165, 1.54) is 6.92 Å². The minimum Gasteiger partial charge on any atom is -0.350 e. The molecular formula is C12H14F3N5O. The van der Waals surface area contributed by atoms with Crippen LogP contribution in [-0.2, 0) is 31.1 Å². The summed E-state index contributed by atoms with van der Waals surface area (Å²) in [5.41, 5.74) is 0.0814. The molecule has 0 aliphatic carbocycles. The first-order valence-electron chi connectivity index (χ1n) is 6.11. The second-order valence-electron chi connectivity index (χ2n) is 4.63. The van der Waals surface area contributed by atoms with Crippen LogP contribution < -0.4 is 5.32 Å². The Balaban J connectivity index is 1.95. The number of hydrogen-bond donors (Lipinski definition) is 1. The zero-order valence-corrected chi connectivity index (χ0v) is 11.5. The summed E-state index contributed by atoms with van der Waals surface area (Å²) in [5, 5.41) is 9.94. The average molecular weight is 301 g/mol. The lowest BCUT2D eigenvalue weighted by molar-refractivity contribution is -0.141. The van der Waals surface area contributed by atoms with Gasteiger partial charge in [0.05, 0.1) is 6.20 Å². The molecule has 114 valence electrons. The van der Waals surface area contributed by atoms with Crippen molar-refractivity contribution in [2.24, 2.45) is 7.05 Å². The third-order valence-electron chi connectivity index (χ3n) is 2.81. The number of halogens is 3. The predicted octanol–water partition coefficient (Wildman–Crippen LogP) is 1.26. The Morgan fingerprint density at radius 1 is 1.43 bits per heavy atom. The molecule has 0 fully saturated rings. The van der Waals surface area contributed by atoms with Crippen LogP contribution in [0.5, 0.6) is 0 Å². The zero-order valence-electron chi connectivity index (χ0n) is 11.5. The van der Waals surface area contributed by atoms with Crippen LogP contribution in [0.3, 0.4) is 0 Å². The fourth-order valence-corrected chi connectivity index (χ4v) is 1.76. The summed E-state index contributed by atoms with van der Waals surface area (Å²) < 4.78 is 40.1. The third kappa shape index (κ3) is 3.83. The molecule has 0 radical (unpaired) electrons. The molecule has 21 heavy (non-hydrogen) atoms. The van der Waals surface area contributed by atoms with Gasteiger partial charge in [-0.15, -0.1) is 0 Å². The van der Waals surface area contributed by atoms with Gasteiger partial charge in [0.25, 0.3) is 0 Å². The minimum atomic E-state index is -4.51. The highest BCUT2D eigenvalue weighted by Gasteiger charge is 2.34. The standard InChI is InChI=1S/C12H14F3N5O/c1-8-3-10(12(13,14)15)18-20(8)7-11(21)16-4-9-5-17-19(2)6-9/h3,5-6H,4,7H2,1-2H3,(H,16,21). The molecule has 2 aromatic heterocycles. The number of aromatic nitrogens is 4. The van der Waals surface area contributed by atoms with E-state index in [1.54, 1.807) is 24.1 Å². The lowest BCUT2D eigenvalue weighted by Gasteiger charge is -2.06. The summed E-state index contributed by atoms with van der Waals surface area (Å²) in [6.45, 7) is 1.47. The quantitative estimate of drug-likeness (QED) is 0.924. The van der Waals surface area contributed by atoms with Crippen LogP contribution in [0.2, 0.25) is 0 Å². The van der Waals surface area contributed by atoms with E-state index in [2.05, 4.69) is 15.5 Å². The molecule has 0 atom stereocenters. The Morgan fingerprint density at radius 3 is 2.67 bits per heavy atom. The van der Waals surface area contributed by atoms with Crippen molar-refractivity contribution in [2.45, 2.75) is 26.2 Å². The smallest absolute Gasteiger partial charge is 0.350 e. The summed E-state index contributed by atoms with van der Waals surface area (Å²) in [6.07, 6.45) is -1.18. The molecular weight excluding hydrogens is 287 g/mol. The number of hydrogen-bond acceptors (Lipinski definition) is 3. The van der Waals surface area contributed by atoms with Crippen LogP contribution in [0.15, 0.2) is 18.5 Å². The van der Waals surface area contributed by atoms with Crippen LogP contribution in [-0.4, -0.2) is 25.5 Å². The molecule has 9 heteroatoms. The van der Waals surface area contributed by atoms with Crippen LogP contribution in [0.1, 0.15) is 17.0 Å². The van der Waals surface area contributed by atoms with Crippen molar-refractivity contribution in [2.75, 3.05) is 0 Å². The Hall–Kier alpha value is -2.32. The molecule has 2 heterocycles. The lowest BCUT2D eigenvalue weighted by Crippen LogP contribution is -2.28. The van der Waals surface area contributed by atoms with E-state index in [-0.39, 0.29) is 18.8 Å². The van der Waals surface area contributed by atoms with Crippen LogP contribution in [0.4, 0.5) is 13.2 Å². The highest BCUT2D eigenvalue weighted by atomic mass is 19.4. The van der Waals surface area contributed by atoms with Crippen LogP contribution in [0, 0.1) is 6.92 Å². The van der Waals surface area contributed by atoms with E-state index in [0.29, 0.717) is 0 Å². The van der Waals surface area contributed by atoms with Crippen LogP contribution in [0.25, 0.3) is 0 Å². The van der Waals surface area contributed by atoms with Crippen molar-refractivity contribution in [1.82, 2.24) is 24.9 Å². The van der Waals surface area contributed by atoms with Gasteiger partial charge in [0.1, 0.15) is 6.54 Å². The molecule has 1 amide bonds. The molecule has 1 N–H and O–H groups in total. The van der Waals surface area contributed by atoms with Gasteiger partial charge >= 0.3 is 6.18 Å². The summed E-state index contributed by atoms with van der Waals surface area (Å²) in [4.78, 5) is 11.7. The maximum Gasteiger partial charge on any atom is 0.435 e. The predicted molar refractivity (Wildman–Crippen MR) is 67.0 cm³/mol. The van der Waals surface area contributed by atoms with Crippen molar-refractivity contribution in [3.05, 3.63) is 35.4 Å². The number of carbonyl (C=O) groups is 1. The molecule has 0 saturated heterocycles. The fraction of sp³-hybridized carbons (Fsp3) is 0.417. The lowest BCUT2D eigenvalue weighted by atomic mass is 10.3. The first-order chi connectivity index (χ1) is 9.75. The molecule has 0 saturated carbocycles. The summed E-state index contributed by atoms with van der Waals surface area (Å²) in [7, 11) is 1.75. The van der Waals surface area contributed by atoms with E-state index < -0.39 is 17.8 Å². The van der Waals surface area contributed by atoms with Crippen molar-refractivity contribution in [3.63, 3.8) is 0 Å². The van der Waals surface area contributed by atoms with Crippen LogP contribution >= 0.6 is 0 Å². The second kappa shape index (κ2) is 5.58. The number of rotatable bonds is 4. The van der Waals surface area contributed by atoms with Gasteiger partial charge in [-0.05, 0) is 13.0 Å². The second-order valence-corrected chi connectivity index (χ2v) is 4.63. The minimum absolute atomic E-state index is 0.262. The van der Waals surface area contributed by atoms with E-state index in [1.807, 2.05) is 0 Å². The van der Waals surface area contributed by atoms with Crippen molar-refractivity contribution < 1.29 is 18.0 Å². The molecule has 0 aliphatic rings. The highest BCUT2D eigenvalue weighted by Crippen LogP contribution is 2.28. The van der Waals surface area contributed by atoms with Gasteiger partial charge in [-0.2, -0.15) is 23.4 Å². The Labute approximate surface area is 118 Å². The topological polar surface area (TPSA) is 64.7 Å². The van der Waals surface area contributed by atoms with Gasteiger partial charge in [-0.1, -0.05) is 0 Å². The van der Waals surface area contributed by atoms with Crippen molar-refractivity contribution in [1.29, 1.82) is 0 Å². The van der Waals surface area contributed by atoms with Crippen molar-refractivity contribution >= 4 is 5.91 Å². The number of aryl methyl sites for hydroxylation is 2. The molecule has 0 aromatic carbocycles. The van der Waals surface area contributed by atoms with E-state index in [4.69, 9.17) is 0 Å². The van der Waals surface area contributed by atoms with Gasteiger partial charge in [0.15, 0.2) is 5.69 Å². The van der Waals surface area contributed by atoms with E-state index in [9.17, 15) is 18.0 Å². The first-order valence-corrected chi connectivity index (χ1v) is 6.11. The fourth-order valence-electron chi connectivity index (χ4n) is 1.76. The molecule has 6 nitrogen and oxygen atoms in total. The monoisotopic (exact) mass is 301 g/mol. The summed E-state index contributed by atoms with van der Waals surface area (Å²) in [6, 6.07) is 0.911. The van der Waals surface area contributed by atoms with Gasteiger partial charge in [-0.25, -0.2) is 0 Å². The average Bonchev–Trinajstić information content (AvgIpc) is 2.94. The SMILES string of the molecule is Cc1cc(C(F)(F)F)nn1CC(=O)NCc1cnn(C)c1. The summed E-state index contributed by atoms with van der Waals surface area (Å²) >= 11 is 0. The maximum absolute atomic E-state index is 12.5. The molecule has 0 bridgehead atoms. The van der Waals surface area contributed by atoms with Gasteiger partial charge in [-0.3, -0.25) is 14.2 Å². The van der Waals surface area contributed by atoms with Gasteiger partial charge < -0.3 is 5.32 Å². The maximum atomic E-state index is 12.5. The number of amides is 1. The Morgan fingerprint density at radius 2 is 2.14 bits per heavy atom. The van der Waals surface area contributed by atoms with Gasteiger partial charge in [0.2, 0.25) is 5.91 Å². The number of carbonyl (C=O) groups excluding carboxylic acids is 1. The third-order valence-corrected chi connectivity index (χ3v) is 2.81. The van der Waals surface area contributed by atoms with Gasteiger partial charge in [0, 0.05) is 31.0 Å². The van der Waals surface area contributed by atoms with E-state index in [0.717, 1.165) is 16.3 Å². The Kier molecular flexibility index (Phi) is 4.01. The molecule has 0 unspecified atom stereocenters. The number of nitrogens with zero attached hydrogens (tertiary/aromatic N) is 4. The van der Waals surface area contributed by atoms with E-state index >= 15 is 0 Å². The zero-order chi connectivity index (χ0) is 15.6. The molecule has 2 aromatic rings. The normalized spacial score (nSPS) is 11.7. The number of alkyl halides is 3. The molecule has 0 spiro atoms. The summed E-state index contributed by atoms with van der Waals surface area (Å²) in [5.74, 6) is -0.418. The number of nitrogens with one attached hydrogen (secondary N) is 1. The first kappa shape index (κ1) is 15.1. The highest BCUT2D eigenvalue weighted by molar-refractivity contribution is 5.75.